The van der Waals surface area contributed by atoms with E-state index in [1.54, 1.807) is 18.2 Å². The van der Waals surface area contributed by atoms with Gasteiger partial charge in [-0.1, -0.05) is 17.7 Å². The second kappa shape index (κ2) is 8.36. The van der Waals surface area contributed by atoms with Crippen LogP contribution in [0.4, 0.5) is 10.1 Å². The molecular weight excluding hydrogens is 327 g/mol. The third-order valence-electron chi connectivity index (χ3n) is 4.20. The predicted octanol–water partition coefficient (Wildman–Crippen LogP) is 4.25. The lowest BCUT2D eigenvalue weighted by molar-refractivity contribution is 0.313. The number of hydrogen-bond donors (Lipinski definition) is 1. The lowest BCUT2D eigenvalue weighted by atomic mass is 10.1. The first-order valence-electron chi connectivity index (χ1n) is 8.35. The molecule has 1 saturated heterocycles. The molecule has 0 radical (unpaired) electrons. The van der Waals surface area contributed by atoms with Crippen molar-refractivity contribution in [3.05, 3.63) is 58.9 Å². The first-order chi connectivity index (χ1) is 11.7. The molecule has 0 aromatic heterocycles. The van der Waals surface area contributed by atoms with Crippen LogP contribution in [0.5, 0.6) is 5.75 Å². The van der Waals surface area contributed by atoms with E-state index in [4.69, 9.17) is 16.3 Å². The summed E-state index contributed by atoms with van der Waals surface area (Å²) >= 11 is 5.84. The van der Waals surface area contributed by atoms with E-state index in [1.165, 1.54) is 18.9 Å². The molecule has 1 fully saturated rings. The summed E-state index contributed by atoms with van der Waals surface area (Å²) in [6.07, 6.45) is 2.36. The maximum absolute atomic E-state index is 14.2. The van der Waals surface area contributed by atoms with Gasteiger partial charge in [0, 0.05) is 42.5 Å². The maximum atomic E-state index is 14.2. The average molecular weight is 349 g/mol. The molecule has 0 spiro atoms. The summed E-state index contributed by atoms with van der Waals surface area (Å²) < 4.78 is 19.8. The first kappa shape index (κ1) is 17.1. The topological polar surface area (TPSA) is 24.5 Å². The average Bonchev–Trinajstić information content (AvgIpc) is 3.12. The fraction of sp³-hybridized carbons (Fsp3) is 0.368. The van der Waals surface area contributed by atoms with Crippen LogP contribution in [0.25, 0.3) is 0 Å². The molecule has 5 heteroatoms. The summed E-state index contributed by atoms with van der Waals surface area (Å²) in [5.41, 5.74) is 1.75. The molecule has 3 nitrogen and oxygen atoms in total. The van der Waals surface area contributed by atoms with Crippen LogP contribution in [0.2, 0.25) is 5.02 Å². The van der Waals surface area contributed by atoms with Gasteiger partial charge in [0.1, 0.15) is 18.2 Å². The second-order valence-electron chi connectivity index (χ2n) is 5.91. The first-order valence-corrected chi connectivity index (χ1v) is 8.73. The summed E-state index contributed by atoms with van der Waals surface area (Å²) in [5.74, 6) is 0.635. The van der Waals surface area contributed by atoms with Gasteiger partial charge in [0.25, 0.3) is 0 Å². The molecule has 3 rings (SSSR count). The Kier molecular flexibility index (Phi) is 5.94. The molecule has 0 unspecified atom stereocenters. The number of halogens is 2. The van der Waals surface area contributed by atoms with E-state index in [1.807, 2.05) is 18.2 Å². The molecule has 1 heterocycles. The van der Waals surface area contributed by atoms with Gasteiger partial charge in [-0.2, -0.15) is 0 Å². The Morgan fingerprint density at radius 2 is 1.83 bits per heavy atom. The van der Waals surface area contributed by atoms with Crippen LogP contribution in [0, 0.1) is 5.82 Å². The summed E-state index contributed by atoms with van der Waals surface area (Å²) in [6.45, 7) is 3.69. The predicted molar refractivity (Wildman–Crippen MR) is 96.5 cm³/mol. The second-order valence-corrected chi connectivity index (χ2v) is 6.35. The van der Waals surface area contributed by atoms with Gasteiger partial charge < -0.3 is 15.0 Å². The Balaban J connectivity index is 1.50. The SMILES string of the molecule is Fc1cccc(N2CCCC2)c1CNCCOc1ccc(Cl)cc1. The van der Waals surface area contributed by atoms with Gasteiger partial charge in [-0.15, -0.1) is 0 Å². The summed E-state index contributed by atoms with van der Waals surface area (Å²) in [6, 6.07) is 12.6. The Hall–Kier alpha value is -1.78. The highest BCUT2D eigenvalue weighted by atomic mass is 35.5. The van der Waals surface area contributed by atoms with E-state index >= 15 is 0 Å². The fourth-order valence-corrected chi connectivity index (χ4v) is 3.09. The van der Waals surface area contributed by atoms with Crippen molar-refractivity contribution in [1.29, 1.82) is 0 Å². The van der Waals surface area contributed by atoms with E-state index in [9.17, 15) is 4.39 Å². The van der Waals surface area contributed by atoms with Gasteiger partial charge in [-0.3, -0.25) is 0 Å². The lowest BCUT2D eigenvalue weighted by Crippen LogP contribution is -2.25. The Bertz CT molecular complexity index is 657. The fourth-order valence-electron chi connectivity index (χ4n) is 2.96. The monoisotopic (exact) mass is 348 g/mol. The summed E-state index contributed by atoms with van der Waals surface area (Å²) in [7, 11) is 0. The Labute approximate surface area is 147 Å². The smallest absolute Gasteiger partial charge is 0.129 e. The van der Waals surface area contributed by atoms with E-state index in [0.717, 1.165) is 30.1 Å². The van der Waals surface area contributed by atoms with Crippen LogP contribution in [-0.4, -0.2) is 26.2 Å². The van der Waals surface area contributed by atoms with Crippen LogP contribution >= 0.6 is 11.6 Å². The Morgan fingerprint density at radius 1 is 1.08 bits per heavy atom. The minimum absolute atomic E-state index is 0.148. The van der Waals surface area contributed by atoms with Crippen LogP contribution < -0.4 is 15.0 Å². The van der Waals surface area contributed by atoms with Crippen molar-refractivity contribution in [2.24, 2.45) is 0 Å². The molecule has 0 amide bonds. The van der Waals surface area contributed by atoms with Crippen molar-refractivity contribution in [1.82, 2.24) is 5.32 Å². The van der Waals surface area contributed by atoms with Crippen molar-refractivity contribution >= 4 is 17.3 Å². The highest BCUT2D eigenvalue weighted by molar-refractivity contribution is 6.30. The van der Waals surface area contributed by atoms with Gasteiger partial charge in [0.15, 0.2) is 0 Å². The van der Waals surface area contributed by atoms with E-state index in [0.29, 0.717) is 24.7 Å². The van der Waals surface area contributed by atoms with E-state index in [2.05, 4.69) is 10.2 Å². The third kappa shape index (κ3) is 4.40. The number of nitrogens with one attached hydrogen (secondary N) is 1. The quantitative estimate of drug-likeness (QED) is 0.757. The molecule has 0 saturated carbocycles. The standard InChI is InChI=1S/C19H22ClFN2O/c20-15-6-8-16(9-7-15)24-13-10-22-14-17-18(21)4-3-5-19(17)23-11-1-2-12-23/h3-9,22H,1-2,10-14H2. The van der Waals surface area contributed by atoms with Crippen LogP contribution in [0.3, 0.4) is 0 Å². The number of nitrogens with zero attached hydrogens (tertiary/aromatic N) is 1. The van der Waals surface area contributed by atoms with Crippen molar-refractivity contribution in [2.75, 3.05) is 31.1 Å². The largest absolute Gasteiger partial charge is 0.492 e. The van der Waals surface area contributed by atoms with Crippen molar-refractivity contribution < 1.29 is 9.13 Å². The van der Waals surface area contributed by atoms with Crippen LogP contribution in [0.15, 0.2) is 42.5 Å². The van der Waals surface area contributed by atoms with Gasteiger partial charge >= 0.3 is 0 Å². The third-order valence-corrected chi connectivity index (χ3v) is 4.46. The van der Waals surface area contributed by atoms with Crippen LogP contribution in [0.1, 0.15) is 18.4 Å². The number of hydrogen-bond acceptors (Lipinski definition) is 3. The van der Waals surface area contributed by atoms with Crippen LogP contribution in [-0.2, 0) is 6.54 Å². The Morgan fingerprint density at radius 3 is 2.58 bits per heavy atom. The van der Waals surface area contributed by atoms with Gasteiger partial charge in [0.05, 0.1) is 0 Å². The maximum Gasteiger partial charge on any atom is 0.129 e. The zero-order valence-corrected chi connectivity index (χ0v) is 14.4. The molecule has 128 valence electrons. The molecule has 24 heavy (non-hydrogen) atoms. The minimum Gasteiger partial charge on any atom is -0.492 e. The lowest BCUT2D eigenvalue weighted by Gasteiger charge is -2.22. The molecule has 0 aliphatic carbocycles. The van der Waals surface area contributed by atoms with Crippen molar-refractivity contribution in [3.63, 3.8) is 0 Å². The van der Waals surface area contributed by atoms with E-state index < -0.39 is 0 Å². The highest BCUT2D eigenvalue weighted by Gasteiger charge is 2.17. The summed E-state index contributed by atoms with van der Waals surface area (Å²) in [5, 5.41) is 3.96. The highest BCUT2D eigenvalue weighted by Crippen LogP contribution is 2.26. The number of rotatable bonds is 7. The summed E-state index contributed by atoms with van der Waals surface area (Å²) in [4.78, 5) is 2.27. The van der Waals surface area contributed by atoms with Crippen molar-refractivity contribution in [3.8, 4) is 5.75 Å². The molecular formula is C19H22ClFN2O. The molecule has 1 aliphatic heterocycles. The molecule has 0 bridgehead atoms. The number of ether oxygens (including phenoxy) is 1. The molecule has 2 aromatic carbocycles. The van der Waals surface area contributed by atoms with E-state index in [-0.39, 0.29) is 5.82 Å². The molecule has 2 aromatic rings. The number of benzene rings is 2. The molecule has 1 N–H and O–H groups in total. The normalized spacial score (nSPS) is 14.2. The van der Waals surface area contributed by atoms with Gasteiger partial charge in [0.2, 0.25) is 0 Å². The van der Waals surface area contributed by atoms with Gasteiger partial charge in [-0.25, -0.2) is 4.39 Å². The zero-order valence-electron chi connectivity index (χ0n) is 13.6. The molecule has 0 atom stereocenters. The molecule has 1 aliphatic rings. The number of anilines is 1. The zero-order chi connectivity index (χ0) is 16.8. The van der Waals surface area contributed by atoms with Crippen molar-refractivity contribution in [2.45, 2.75) is 19.4 Å². The minimum atomic E-state index is -0.148. The van der Waals surface area contributed by atoms with Gasteiger partial charge in [-0.05, 0) is 49.2 Å².